The van der Waals surface area contributed by atoms with Crippen LogP contribution in [0.15, 0.2) is 65.8 Å². The molecule has 0 spiro atoms. The Morgan fingerprint density at radius 3 is 2.43 bits per heavy atom. The molecule has 0 unspecified atom stereocenters. The van der Waals surface area contributed by atoms with Crippen LogP contribution in [0.2, 0.25) is 0 Å². The minimum Gasteiger partial charge on any atom is -0.466 e. The summed E-state index contributed by atoms with van der Waals surface area (Å²) in [6.07, 6.45) is -1.47. The van der Waals surface area contributed by atoms with Gasteiger partial charge in [-0.05, 0) is 73.5 Å². The average Bonchev–Trinajstić information content (AvgIpc) is 3.43. The van der Waals surface area contributed by atoms with Crippen LogP contribution in [0, 0.1) is 18.3 Å². The Hall–Kier alpha value is -4.04. The van der Waals surface area contributed by atoms with E-state index in [9.17, 15) is 31.6 Å². The minimum atomic E-state index is -4.58. The highest BCUT2D eigenvalue weighted by atomic mass is 32.2. The summed E-state index contributed by atoms with van der Waals surface area (Å²) in [6.45, 7) is 3.74. The van der Waals surface area contributed by atoms with E-state index in [0.29, 0.717) is 28.0 Å². The summed E-state index contributed by atoms with van der Waals surface area (Å²) in [4.78, 5) is 12.0. The van der Waals surface area contributed by atoms with Crippen LogP contribution >= 0.6 is 0 Å². The number of pyridine rings is 1. The molecule has 0 aliphatic heterocycles. The van der Waals surface area contributed by atoms with Crippen LogP contribution in [0.25, 0.3) is 5.52 Å². The fraction of sp³-hybridized carbons (Fsp3) is 0.231. The minimum absolute atomic E-state index is 0.0163. The van der Waals surface area contributed by atoms with E-state index in [4.69, 9.17) is 4.74 Å². The van der Waals surface area contributed by atoms with Crippen LogP contribution in [0.1, 0.15) is 40.6 Å². The second-order valence-corrected chi connectivity index (χ2v) is 10.1. The first-order valence-electron chi connectivity index (χ1n) is 11.2. The molecule has 37 heavy (non-hydrogen) atoms. The van der Waals surface area contributed by atoms with Gasteiger partial charge >= 0.3 is 12.1 Å². The van der Waals surface area contributed by atoms with Crippen molar-refractivity contribution in [1.82, 2.24) is 8.37 Å². The van der Waals surface area contributed by atoms with E-state index in [0.717, 1.165) is 33.8 Å². The SMILES string of the molecule is CCOC(=O)Cc1c(C)c(Cc2cccn2S(=O)(=O)c2ccc(C(F)(F)F)cc2)c2cc(C#N)ccn12. The number of nitriles is 1. The van der Waals surface area contributed by atoms with Crippen molar-refractivity contribution >= 4 is 21.5 Å². The van der Waals surface area contributed by atoms with Crippen LogP contribution in [0.4, 0.5) is 13.2 Å². The van der Waals surface area contributed by atoms with Crippen LogP contribution in [-0.2, 0) is 38.6 Å². The van der Waals surface area contributed by atoms with Gasteiger partial charge in [0.05, 0.1) is 40.6 Å². The molecule has 0 N–H and O–H groups in total. The molecule has 0 aliphatic rings. The largest absolute Gasteiger partial charge is 0.466 e. The number of fused-ring (bicyclic) bond motifs is 1. The van der Waals surface area contributed by atoms with Gasteiger partial charge in [-0.1, -0.05) is 0 Å². The number of rotatable bonds is 7. The molecule has 1 aromatic carbocycles. The number of halogens is 3. The van der Waals surface area contributed by atoms with E-state index < -0.39 is 27.7 Å². The first-order valence-corrected chi connectivity index (χ1v) is 12.7. The summed E-state index contributed by atoms with van der Waals surface area (Å²) in [5.41, 5.74) is 2.54. The number of ether oxygens (including phenoxy) is 1. The Balaban J connectivity index is 1.78. The maximum Gasteiger partial charge on any atom is 0.416 e. The Morgan fingerprint density at radius 2 is 1.81 bits per heavy atom. The Labute approximate surface area is 211 Å². The molecule has 0 atom stereocenters. The molecule has 0 aliphatic carbocycles. The molecule has 0 bridgehead atoms. The first kappa shape index (κ1) is 26.0. The fourth-order valence-electron chi connectivity index (χ4n) is 4.26. The van der Waals surface area contributed by atoms with Crippen LogP contribution in [0.3, 0.4) is 0 Å². The van der Waals surface area contributed by atoms with E-state index in [1.807, 2.05) is 0 Å². The number of hydrogen-bond acceptors (Lipinski definition) is 5. The lowest BCUT2D eigenvalue weighted by molar-refractivity contribution is -0.142. The van der Waals surface area contributed by atoms with Gasteiger partial charge in [0, 0.05) is 30.2 Å². The highest BCUT2D eigenvalue weighted by Gasteiger charge is 2.31. The third-order valence-corrected chi connectivity index (χ3v) is 7.82. The molecular formula is C26H22F3N3O4S. The molecular weight excluding hydrogens is 507 g/mol. The van der Waals surface area contributed by atoms with E-state index >= 15 is 0 Å². The Kier molecular flexibility index (Phi) is 6.88. The van der Waals surface area contributed by atoms with Gasteiger partial charge in [0.15, 0.2) is 0 Å². The van der Waals surface area contributed by atoms with Gasteiger partial charge in [-0.3, -0.25) is 4.79 Å². The number of esters is 1. The average molecular weight is 530 g/mol. The zero-order chi connectivity index (χ0) is 27.0. The topological polar surface area (TPSA) is 93.6 Å². The monoisotopic (exact) mass is 529 g/mol. The third kappa shape index (κ3) is 4.97. The van der Waals surface area contributed by atoms with E-state index in [1.165, 1.54) is 12.3 Å². The third-order valence-electron chi connectivity index (χ3n) is 6.08. The molecule has 0 amide bonds. The molecule has 3 aromatic heterocycles. The number of nitrogens with zero attached hydrogens (tertiary/aromatic N) is 3. The van der Waals surface area contributed by atoms with Crippen LogP contribution in [-0.4, -0.2) is 29.4 Å². The van der Waals surface area contributed by atoms with Crippen molar-refractivity contribution in [2.24, 2.45) is 0 Å². The van der Waals surface area contributed by atoms with Gasteiger partial charge in [0.2, 0.25) is 0 Å². The highest BCUT2D eigenvalue weighted by molar-refractivity contribution is 7.90. The van der Waals surface area contributed by atoms with Crippen molar-refractivity contribution in [3.05, 3.63) is 94.6 Å². The quantitative estimate of drug-likeness (QED) is 0.319. The van der Waals surface area contributed by atoms with Gasteiger partial charge in [0.25, 0.3) is 10.0 Å². The van der Waals surface area contributed by atoms with Crippen LogP contribution < -0.4 is 0 Å². The maximum absolute atomic E-state index is 13.3. The van der Waals surface area contributed by atoms with Crippen molar-refractivity contribution < 1.29 is 31.1 Å². The van der Waals surface area contributed by atoms with Gasteiger partial charge in [-0.2, -0.15) is 18.4 Å². The molecule has 0 fully saturated rings. The second-order valence-electron chi connectivity index (χ2n) is 8.31. The summed E-state index contributed by atoms with van der Waals surface area (Å²) in [6, 6.07) is 11.8. The van der Waals surface area contributed by atoms with E-state index in [1.54, 1.807) is 42.6 Å². The van der Waals surface area contributed by atoms with Crippen LogP contribution in [0.5, 0.6) is 0 Å². The molecule has 4 rings (SSSR count). The Bertz CT molecular complexity index is 1630. The van der Waals surface area contributed by atoms with Crippen molar-refractivity contribution in [2.45, 2.75) is 37.8 Å². The molecule has 4 aromatic rings. The van der Waals surface area contributed by atoms with Gasteiger partial charge in [-0.25, -0.2) is 12.4 Å². The summed E-state index contributed by atoms with van der Waals surface area (Å²) in [5, 5.41) is 9.40. The molecule has 0 saturated carbocycles. The summed E-state index contributed by atoms with van der Waals surface area (Å²) >= 11 is 0. The number of carbonyl (C=O) groups excluding carboxylic acids is 1. The van der Waals surface area contributed by atoms with Crippen molar-refractivity contribution in [2.75, 3.05) is 6.61 Å². The van der Waals surface area contributed by atoms with Crippen molar-refractivity contribution in [3.63, 3.8) is 0 Å². The molecule has 0 radical (unpaired) electrons. The second kappa shape index (κ2) is 9.78. The normalized spacial score (nSPS) is 12.0. The maximum atomic E-state index is 13.3. The summed E-state index contributed by atoms with van der Waals surface area (Å²) in [5.74, 6) is -0.422. The number of carbonyl (C=O) groups is 1. The van der Waals surface area contributed by atoms with Gasteiger partial charge in [-0.15, -0.1) is 0 Å². The Morgan fingerprint density at radius 1 is 1.11 bits per heavy atom. The van der Waals surface area contributed by atoms with Gasteiger partial charge in [0.1, 0.15) is 0 Å². The summed E-state index contributed by atoms with van der Waals surface area (Å²) in [7, 11) is -4.19. The molecule has 11 heteroatoms. The van der Waals surface area contributed by atoms with E-state index in [-0.39, 0.29) is 24.3 Å². The highest BCUT2D eigenvalue weighted by Crippen LogP contribution is 2.31. The molecule has 0 saturated heterocycles. The van der Waals surface area contributed by atoms with Gasteiger partial charge < -0.3 is 9.14 Å². The molecule has 7 nitrogen and oxygen atoms in total. The fourth-order valence-corrected chi connectivity index (χ4v) is 5.63. The van der Waals surface area contributed by atoms with Crippen molar-refractivity contribution in [3.8, 4) is 6.07 Å². The smallest absolute Gasteiger partial charge is 0.416 e. The predicted octanol–water partition coefficient (Wildman–Crippen LogP) is 4.87. The number of aromatic nitrogens is 2. The summed E-state index contributed by atoms with van der Waals surface area (Å²) < 4.78 is 73.3. The lowest BCUT2D eigenvalue weighted by Gasteiger charge is -2.12. The lowest BCUT2D eigenvalue weighted by Crippen LogP contribution is -2.16. The standard InChI is InChI=1S/C26H22F3N3O4S/c1-3-36-25(33)15-23-17(2)22(24-13-18(16-30)10-12-31(23)24)14-20-5-4-11-32(20)37(34,35)21-8-6-19(7-9-21)26(27,28)29/h4-13H,3,14-15H2,1-2H3. The molecule has 192 valence electrons. The van der Waals surface area contributed by atoms with Crippen molar-refractivity contribution in [1.29, 1.82) is 5.26 Å². The number of alkyl halides is 3. The zero-order valence-corrected chi connectivity index (χ0v) is 20.7. The predicted molar refractivity (Wildman–Crippen MR) is 128 cm³/mol. The number of benzene rings is 1. The number of hydrogen-bond donors (Lipinski definition) is 0. The zero-order valence-electron chi connectivity index (χ0n) is 19.9. The lowest BCUT2D eigenvalue weighted by atomic mass is 10.0. The first-order chi connectivity index (χ1) is 17.5. The van der Waals surface area contributed by atoms with E-state index in [2.05, 4.69) is 6.07 Å². The molecule has 3 heterocycles.